The zero-order chi connectivity index (χ0) is 13.5. The van der Waals surface area contributed by atoms with Crippen molar-refractivity contribution in [2.75, 3.05) is 26.7 Å². The van der Waals surface area contributed by atoms with E-state index in [0.29, 0.717) is 0 Å². The second-order valence-corrected chi connectivity index (χ2v) is 6.53. The minimum atomic E-state index is 0.0380. The fraction of sp³-hybridized carbons (Fsp3) is 0.615. The molecule has 0 atom stereocenters. The number of amides is 1. The van der Waals surface area contributed by atoms with Crippen molar-refractivity contribution in [2.45, 2.75) is 19.4 Å². The van der Waals surface area contributed by atoms with Crippen LogP contribution in [0.25, 0.3) is 0 Å². The normalized spacial score (nSPS) is 20.2. The van der Waals surface area contributed by atoms with Gasteiger partial charge in [0.05, 0.1) is 0 Å². The molecule has 2 rings (SSSR count). The van der Waals surface area contributed by atoms with Gasteiger partial charge in [-0.05, 0) is 42.9 Å². The summed E-state index contributed by atoms with van der Waals surface area (Å²) in [6.45, 7) is 6.83. The Kier molecular flexibility index (Phi) is 3.56. The number of piperazine rings is 1. The maximum atomic E-state index is 12.5. The molecule has 0 spiro atoms. The highest BCUT2D eigenvalue weighted by Gasteiger charge is 2.34. The van der Waals surface area contributed by atoms with E-state index in [4.69, 9.17) is 0 Å². The molecule has 1 amide bonds. The zero-order valence-electron chi connectivity index (χ0n) is 11.4. The van der Waals surface area contributed by atoms with E-state index in [1.165, 1.54) is 0 Å². The van der Waals surface area contributed by atoms with Gasteiger partial charge in [0.25, 0.3) is 5.91 Å². The fourth-order valence-corrected chi connectivity index (χ4v) is 2.84. The number of carbonyl (C=O) groups is 1. The predicted molar refractivity (Wildman–Crippen MR) is 75.7 cm³/mol. The van der Waals surface area contributed by atoms with Crippen molar-refractivity contribution < 1.29 is 4.79 Å². The van der Waals surface area contributed by atoms with Crippen LogP contribution < -0.4 is 0 Å². The molecule has 1 aromatic heterocycles. The Hall–Kier alpha value is -0.810. The minimum absolute atomic E-state index is 0.0380. The van der Waals surface area contributed by atoms with Crippen LogP contribution in [0.15, 0.2) is 16.7 Å². The molecule has 0 bridgehead atoms. The van der Waals surface area contributed by atoms with Crippen LogP contribution in [0.1, 0.15) is 24.3 Å². The Bertz CT molecular complexity index is 467. The Morgan fingerprint density at radius 2 is 2.00 bits per heavy atom. The van der Waals surface area contributed by atoms with Crippen molar-refractivity contribution in [3.05, 3.63) is 22.4 Å². The SMILES string of the molecule is CN1CCN(C(=O)c2cc(Br)cn2C)CC1(C)C. The van der Waals surface area contributed by atoms with Crippen molar-refractivity contribution in [3.63, 3.8) is 0 Å². The number of halogens is 1. The summed E-state index contributed by atoms with van der Waals surface area (Å²) < 4.78 is 2.82. The Labute approximate surface area is 117 Å². The van der Waals surface area contributed by atoms with Crippen LogP contribution in [0, 0.1) is 0 Å². The monoisotopic (exact) mass is 313 g/mol. The van der Waals surface area contributed by atoms with Gasteiger partial charge in [0.1, 0.15) is 5.69 Å². The molecule has 100 valence electrons. The highest BCUT2D eigenvalue weighted by Crippen LogP contribution is 2.22. The molecule has 5 heteroatoms. The molecular weight excluding hydrogens is 294 g/mol. The maximum absolute atomic E-state index is 12.5. The van der Waals surface area contributed by atoms with Crippen LogP contribution in [0.3, 0.4) is 0 Å². The Balaban J connectivity index is 2.18. The lowest BCUT2D eigenvalue weighted by Crippen LogP contribution is -2.59. The molecule has 0 aliphatic carbocycles. The van der Waals surface area contributed by atoms with E-state index in [-0.39, 0.29) is 11.4 Å². The number of likely N-dealkylation sites (N-methyl/N-ethyl adjacent to an activating group) is 1. The molecule has 18 heavy (non-hydrogen) atoms. The average Bonchev–Trinajstić information content (AvgIpc) is 2.60. The van der Waals surface area contributed by atoms with Gasteiger partial charge in [0.2, 0.25) is 0 Å². The van der Waals surface area contributed by atoms with Gasteiger partial charge in [-0.2, -0.15) is 0 Å². The molecule has 0 N–H and O–H groups in total. The van der Waals surface area contributed by atoms with E-state index in [0.717, 1.165) is 29.8 Å². The molecule has 0 radical (unpaired) electrons. The molecule has 1 aliphatic heterocycles. The van der Waals surface area contributed by atoms with Crippen molar-refractivity contribution in [3.8, 4) is 0 Å². The molecule has 1 fully saturated rings. The van der Waals surface area contributed by atoms with Crippen molar-refractivity contribution in [1.29, 1.82) is 0 Å². The second-order valence-electron chi connectivity index (χ2n) is 5.62. The average molecular weight is 314 g/mol. The standard InChI is InChI=1S/C13H20BrN3O/c1-13(2)9-17(6-5-16(13)4)12(18)11-7-10(14)8-15(11)3/h7-8H,5-6,9H2,1-4H3. The van der Waals surface area contributed by atoms with Gasteiger partial charge >= 0.3 is 0 Å². The lowest BCUT2D eigenvalue weighted by Gasteiger charge is -2.45. The number of aryl methyl sites for hydroxylation is 1. The van der Waals surface area contributed by atoms with E-state index in [1.54, 1.807) is 0 Å². The third-order valence-corrected chi connectivity index (χ3v) is 4.23. The third kappa shape index (κ3) is 2.47. The van der Waals surface area contributed by atoms with Gasteiger partial charge in [-0.25, -0.2) is 0 Å². The Morgan fingerprint density at radius 3 is 2.50 bits per heavy atom. The summed E-state index contributed by atoms with van der Waals surface area (Å²) in [6, 6.07) is 1.88. The van der Waals surface area contributed by atoms with Crippen molar-refractivity contribution in [2.24, 2.45) is 7.05 Å². The number of rotatable bonds is 1. The van der Waals surface area contributed by atoms with E-state index in [2.05, 4.69) is 41.7 Å². The van der Waals surface area contributed by atoms with Gasteiger partial charge < -0.3 is 9.47 Å². The van der Waals surface area contributed by atoms with E-state index in [9.17, 15) is 4.79 Å². The first-order chi connectivity index (χ1) is 8.31. The molecule has 0 unspecified atom stereocenters. The summed E-state index contributed by atoms with van der Waals surface area (Å²) in [5.74, 6) is 0.115. The summed E-state index contributed by atoms with van der Waals surface area (Å²) in [4.78, 5) is 16.7. The predicted octanol–water partition coefficient (Wildman–Crippen LogP) is 1.95. The summed E-state index contributed by atoms with van der Waals surface area (Å²) >= 11 is 3.41. The maximum Gasteiger partial charge on any atom is 0.270 e. The van der Waals surface area contributed by atoms with Crippen LogP contribution in [-0.2, 0) is 7.05 Å². The van der Waals surface area contributed by atoms with E-state index in [1.807, 2.05) is 28.8 Å². The van der Waals surface area contributed by atoms with Gasteiger partial charge in [0.15, 0.2) is 0 Å². The number of carbonyl (C=O) groups excluding carboxylic acids is 1. The van der Waals surface area contributed by atoms with Crippen LogP contribution in [0.5, 0.6) is 0 Å². The fourth-order valence-electron chi connectivity index (χ4n) is 2.31. The van der Waals surface area contributed by atoms with Gasteiger partial charge in [-0.3, -0.25) is 9.69 Å². The first kappa shape index (κ1) is 13.6. The number of hydrogen-bond donors (Lipinski definition) is 0. The second kappa shape index (κ2) is 4.70. The largest absolute Gasteiger partial charge is 0.345 e. The number of nitrogens with zero attached hydrogens (tertiary/aromatic N) is 3. The van der Waals surface area contributed by atoms with Gasteiger partial charge in [0, 0.05) is 42.9 Å². The van der Waals surface area contributed by atoms with Crippen LogP contribution in [0.2, 0.25) is 0 Å². The van der Waals surface area contributed by atoms with Crippen LogP contribution in [-0.4, -0.2) is 52.5 Å². The summed E-state index contributed by atoms with van der Waals surface area (Å²) in [6.07, 6.45) is 1.91. The number of aromatic nitrogens is 1. The lowest BCUT2D eigenvalue weighted by molar-refractivity contribution is 0.0304. The molecule has 0 aromatic carbocycles. The molecule has 2 heterocycles. The molecule has 1 aromatic rings. The summed E-state index contributed by atoms with van der Waals surface area (Å²) in [7, 11) is 4.01. The lowest BCUT2D eigenvalue weighted by atomic mass is 9.99. The zero-order valence-corrected chi connectivity index (χ0v) is 13.0. The molecule has 1 saturated heterocycles. The minimum Gasteiger partial charge on any atom is -0.345 e. The van der Waals surface area contributed by atoms with E-state index < -0.39 is 0 Å². The first-order valence-electron chi connectivity index (χ1n) is 6.13. The van der Waals surface area contributed by atoms with Crippen molar-refractivity contribution in [1.82, 2.24) is 14.4 Å². The molecule has 1 aliphatic rings. The first-order valence-corrected chi connectivity index (χ1v) is 6.93. The van der Waals surface area contributed by atoms with Crippen LogP contribution >= 0.6 is 15.9 Å². The number of hydrogen-bond acceptors (Lipinski definition) is 2. The molecule has 4 nitrogen and oxygen atoms in total. The van der Waals surface area contributed by atoms with Gasteiger partial charge in [-0.15, -0.1) is 0 Å². The summed E-state index contributed by atoms with van der Waals surface area (Å²) in [5.41, 5.74) is 0.776. The molecular formula is C13H20BrN3O. The quantitative estimate of drug-likeness (QED) is 0.793. The van der Waals surface area contributed by atoms with Gasteiger partial charge in [-0.1, -0.05) is 0 Å². The third-order valence-electron chi connectivity index (χ3n) is 3.79. The smallest absolute Gasteiger partial charge is 0.270 e. The Morgan fingerprint density at radius 1 is 1.33 bits per heavy atom. The topological polar surface area (TPSA) is 28.5 Å². The van der Waals surface area contributed by atoms with E-state index >= 15 is 0 Å². The van der Waals surface area contributed by atoms with Crippen LogP contribution in [0.4, 0.5) is 0 Å². The molecule has 0 saturated carbocycles. The highest BCUT2D eigenvalue weighted by atomic mass is 79.9. The summed E-state index contributed by atoms with van der Waals surface area (Å²) in [5, 5.41) is 0. The highest BCUT2D eigenvalue weighted by molar-refractivity contribution is 9.10. The van der Waals surface area contributed by atoms with Crippen molar-refractivity contribution >= 4 is 21.8 Å².